The Bertz CT molecular complexity index is 579. The molecule has 3 nitrogen and oxygen atoms in total. The van der Waals surface area contributed by atoms with Crippen LogP contribution in [0.2, 0.25) is 0 Å². The second-order valence-corrected chi connectivity index (χ2v) is 5.49. The summed E-state index contributed by atoms with van der Waals surface area (Å²) in [5.41, 5.74) is 3.59. The molecule has 0 aliphatic rings. The predicted molar refractivity (Wildman–Crippen MR) is 86.8 cm³/mol. The Labute approximate surface area is 132 Å². The number of benzene rings is 2. The number of halogens is 1. The minimum absolute atomic E-state index is 0.263. The average Bonchev–Trinajstić information content (AvgIpc) is 2.46. The number of carbonyl (C=O) groups excluding carboxylic acids is 1. The molecule has 0 saturated carbocycles. The molecule has 0 heterocycles. The molecule has 4 heteroatoms. The second kappa shape index (κ2) is 7.28. The number of carbonyl (C=O) groups is 1. The van der Waals surface area contributed by atoms with Crippen molar-refractivity contribution in [2.24, 2.45) is 0 Å². The van der Waals surface area contributed by atoms with Crippen molar-refractivity contribution in [1.29, 1.82) is 0 Å². The van der Waals surface area contributed by atoms with Crippen molar-refractivity contribution in [3.05, 3.63) is 51.6 Å². The van der Waals surface area contributed by atoms with Gasteiger partial charge in [-0.25, -0.2) is 0 Å². The zero-order valence-electron chi connectivity index (χ0n) is 11.1. The third-order valence-electron chi connectivity index (χ3n) is 2.84. The van der Waals surface area contributed by atoms with Crippen LogP contribution in [0.5, 0.6) is 5.75 Å². The van der Waals surface area contributed by atoms with E-state index in [2.05, 4.69) is 64.6 Å². The van der Waals surface area contributed by atoms with E-state index >= 15 is 0 Å². The van der Waals surface area contributed by atoms with Crippen molar-refractivity contribution in [1.82, 2.24) is 0 Å². The molecular formula is C16H15IO3. The molecule has 0 atom stereocenters. The third kappa shape index (κ3) is 3.96. The smallest absolute Gasteiger partial charge is 0.293 e. The molecule has 0 saturated heterocycles. The van der Waals surface area contributed by atoms with E-state index in [0.29, 0.717) is 13.1 Å². The molecule has 0 radical (unpaired) electrons. The molecule has 0 amide bonds. The molecule has 0 unspecified atom stereocenters. The lowest BCUT2D eigenvalue weighted by Gasteiger charge is -2.09. The van der Waals surface area contributed by atoms with Gasteiger partial charge in [-0.15, -0.1) is 0 Å². The molecule has 0 bridgehead atoms. The molecule has 0 aliphatic heterocycles. The quantitative estimate of drug-likeness (QED) is 0.433. The Balaban J connectivity index is 2.09. The number of hydrogen-bond donors (Lipinski definition) is 0. The maximum absolute atomic E-state index is 10.0. The molecule has 0 aliphatic carbocycles. The lowest BCUT2D eigenvalue weighted by molar-refractivity contribution is -0.129. The largest absolute Gasteiger partial charge is 0.489 e. The molecule has 2 rings (SSSR count). The summed E-state index contributed by atoms with van der Waals surface area (Å²) < 4.78 is 11.2. The van der Waals surface area contributed by atoms with Gasteiger partial charge in [-0.05, 0) is 52.8 Å². The second-order valence-electron chi connectivity index (χ2n) is 4.33. The van der Waals surface area contributed by atoms with Crippen molar-refractivity contribution in [2.75, 3.05) is 13.2 Å². The fraction of sp³-hybridized carbons (Fsp3) is 0.188. The Hall–Kier alpha value is -1.56. The van der Waals surface area contributed by atoms with E-state index in [1.165, 1.54) is 11.1 Å². The molecular weight excluding hydrogens is 367 g/mol. The van der Waals surface area contributed by atoms with Crippen LogP contribution in [0, 0.1) is 10.5 Å². The number of rotatable bonds is 6. The number of aryl methyl sites for hydroxylation is 1. The summed E-state index contributed by atoms with van der Waals surface area (Å²) in [5, 5.41) is 0. The first-order valence-electron chi connectivity index (χ1n) is 6.25. The van der Waals surface area contributed by atoms with E-state index in [4.69, 9.17) is 4.74 Å². The van der Waals surface area contributed by atoms with Gasteiger partial charge < -0.3 is 9.47 Å². The van der Waals surface area contributed by atoms with Gasteiger partial charge >= 0.3 is 0 Å². The monoisotopic (exact) mass is 382 g/mol. The highest BCUT2D eigenvalue weighted by Gasteiger charge is 2.04. The Kier molecular flexibility index (Phi) is 5.40. The fourth-order valence-corrected chi connectivity index (χ4v) is 2.46. The van der Waals surface area contributed by atoms with Gasteiger partial charge in [0.25, 0.3) is 6.47 Å². The van der Waals surface area contributed by atoms with Gasteiger partial charge in [0.05, 0.1) is 3.57 Å². The van der Waals surface area contributed by atoms with Crippen molar-refractivity contribution in [3.8, 4) is 16.9 Å². The first-order chi connectivity index (χ1) is 9.70. The van der Waals surface area contributed by atoms with Gasteiger partial charge in [0.15, 0.2) is 0 Å². The summed E-state index contributed by atoms with van der Waals surface area (Å²) in [5.74, 6) is 0.802. The molecule has 0 fully saturated rings. The van der Waals surface area contributed by atoms with Crippen LogP contribution in [0.4, 0.5) is 0 Å². The molecule has 2 aromatic carbocycles. The molecule has 0 aromatic heterocycles. The zero-order valence-corrected chi connectivity index (χ0v) is 13.3. The summed E-state index contributed by atoms with van der Waals surface area (Å²) >= 11 is 2.25. The minimum Gasteiger partial charge on any atom is -0.489 e. The van der Waals surface area contributed by atoms with E-state index < -0.39 is 0 Å². The number of ether oxygens (including phenoxy) is 2. The first-order valence-corrected chi connectivity index (χ1v) is 7.33. The van der Waals surface area contributed by atoms with Gasteiger partial charge in [-0.3, -0.25) is 4.79 Å². The zero-order chi connectivity index (χ0) is 14.4. The van der Waals surface area contributed by atoms with Crippen LogP contribution in [-0.4, -0.2) is 19.7 Å². The topological polar surface area (TPSA) is 35.5 Å². The number of hydrogen-bond acceptors (Lipinski definition) is 3. The summed E-state index contributed by atoms with van der Waals surface area (Å²) in [6, 6.07) is 14.5. The van der Waals surface area contributed by atoms with Gasteiger partial charge in [0.1, 0.15) is 19.0 Å². The summed E-state index contributed by atoms with van der Waals surface area (Å²) in [4.78, 5) is 10.0. The van der Waals surface area contributed by atoms with Crippen LogP contribution < -0.4 is 4.74 Å². The molecule has 0 N–H and O–H groups in total. The van der Waals surface area contributed by atoms with Gasteiger partial charge in [-0.2, -0.15) is 0 Å². The highest BCUT2D eigenvalue weighted by molar-refractivity contribution is 14.1. The van der Waals surface area contributed by atoms with Gasteiger partial charge in [0.2, 0.25) is 0 Å². The van der Waals surface area contributed by atoms with Crippen LogP contribution in [0.1, 0.15) is 5.56 Å². The minimum atomic E-state index is 0.263. The van der Waals surface area contributed by atoms with Crippen LogP contribution >= 0.6 is 22.6 Å². The molecule has 0 spiro atoms. The summed E-state index contributed by atoms with van der Waals surface area (Å²) in [7, 11) is 0. The highest BCUT2D eigenvalue weighted by Crippen LogP contribution is 2.28. The van der Waals surface area contributed by atoms with Crippen molar-refractivity contribution in [2.45, 2.75) is 6.92 Å². The lowest BCUT2D eigenvalue weighted by atomic mass is 10.0. The van der Waals surface area contributed by atoms with Crippen LogP contribution in [0.25, 0.3) is 11.1 Å². The van der Waals surface area contributed by atoms with E-state index in [0.717, 1.165) is 14.9 Å². The highest BCUT2D eigenvalue weighted by atomic mass is 127. The van der Waals surface area contributed by atoms with E-state index in [1.54, 1.807) is 0 Å². The van der Waals surface area contributed by atoms with Crippen LogP contribution in [-0.2, 0) is 9.53 Å². The molecule has 104 valence electrons. The maximum Gasteiger partial charge on any atom is 0.293 e. The van der Waals surface area contributed by atoms with E-state index in [-0.39, 0.29) is 6.61 Å². The van der Waals surface area contributed by atoms with Crippen molar-refractivity contribution >= 4 is 29.1 Å². The fourth-order valence-electron chi connectivity index (χ4n) is 1.79. The lowest BCUT2D eigenvalue weighted by Crippen LogP contribution is -2.06. The molecule has 20 heavy (non-hydrogen) atoms. The summed E-state index contributed by atoms with van der Waals surface area (Å²) in [6.45, 7) is 3.12. The van der Waals surface area contributed by atoms with Crippen molar-refractivity contribution in [3.63, 3.8) is 0 Å². The molecule has 2 aromatic rings. The first kappa shape index (κ1) is 14.8. The Morgan fingerprint density at radius 1 is 1.05 bits per heavy atom. The van der Waals surface area contributed by atoms with Gasteiger partial charge in [0, 0.05) is 0 Å². The van der Waals surface area contributed by atoms with Crippen molar-refractivity contribution < 1.29 is 14.3 Å². The SMILES string of the molecule is Cc1ccc(-c2ccc(OCCOC=O)c(I)c2)cc1. The Morgan fingerprint density at radius 2 is 1.75 bits per heavy atom. The maximum atomic E-state index is 10.0. The van der Waals surface area contributed by atoms with Gasteiger partial charge in [-0.1, -0.05) is 35.9 Å². The van der Waals surface area contributed by atoms with E-state index in [9.17, 15) is 4.79 Å². The third-order valence-corrected chi connectivity index (χ3v) is 3.69. The standard InChI is InChI=1S/C16H15IO3/c1-12-2-4-13(5-3-12)14-6-7-16(15(17)10-14)20-9-8-19-11-18/h2-7,10-11H,8-9H2,1H3. The van der Waals surface area contributed by atoms with Crippen LogP contribution in [0.3, 0.4) is 0 Å². The van der Waals surface area contributed by atoms with E-state index in [1.807, 2.05) is 12.1 Å². The summed E-state index contributed by atoms with van der Waals surface area (Å²) in [6.07, 6.45) is 0. The normalized spacial score (nSPS) is 10.1. The Morgan fingerprint density at radius 3 is 2.40 bits per heavy atom. The van der Waals surface area contributed by atoms with Crippen LogP contribution in [0.15, 0.2) is 42.5 Å². The predicted octanol–water partition coefficient (Wildman–Crippen LogP) is 3.82. The average molecular weight is 382 g/mol.